The third-order valence-electron chi connectivity index (χ3n) is 23.4. The van der Waals surface area contributed by atoms with Crippen molar-refractivity contribution in [2.75, 3.05) is 158 Å². The van der Waals surface area contributed by atoms with Crippen LogP contribution < -0.4 is 22.5 Å². The number of benzene rings is 1. The molecule has 11 N–H and O–H groups in total. The average molecular weight is 1740 g/mol. The molecule has 1 aliphatic carbocycles. The van der Waals surface area contributed by atoms with Gasteiger partial charge >= 0.3 is 6.09 Å². The molecule has 5 aliphatic rings. The number of fused-ring (bicyclic) bond motifs is 6. The van der Waals surface area contributed by atoms with Gasteiger partial charge in [0, 0.05) is 101 Å². The Morgan fingerprint density at radius 1 is 0.726 bits per heavy atom. The van der Waals surface area contributed by atoms with Crippen LogP contribution in [0.3, 0.4) is 0 Å². The van der Waals surface area contributed by atoms with Crippen LogP contribution in [0, 0.1) is 23.7 Å². The molecule has 1 saturated carbocycles. The fraction of sp³-hybridized carbons (Fsp3) is 0.670. The number of piperidine rings is 1. The number of alkyl carbamates (subject to hydrolysis) is 1. The van der Waals surface area contributed by atoms with Crippen molar-refractivity contribution < 1.29 is 110 Å². The largest absolute Gasteiger partial charge is 0.443 e. The van der Waals surface area contributed by atoms with Crippen molar-refractivity contribution in [3.63, 3.8) is 0 Å². The Bertz CT molecular complexity index is 4320. The lowest BCUT2D eigenvalue weighted by Crippen LogP contribution is -2.57. The fourth-order valence-corrected chi connectivity index (χ4v) is 16.4. The summed E-state index contributed by atoms with van der Waals surface area (Å²) in [7, 11) is 3.14. The molecule has 8 heterocycles. The number of aliphatic hydroxyl groups excluding tert-OH is 3. The first kappa shape index (κ1) is 97.9. The number of Topliss-reactive ketones (excluding diaryl/α,β-unsaturated/α-hetero) is 2. The predicted molar refractivity (Wildman–Crippen MR) is 456 cm³/mol. The number of oxazole rings is 1. The maximum Gasteiger partial charge on any atom is 0.407 e. The molecule has 4 aromatic heterocycles. The summed E-state index contributed by atoms with van der Waals surface area (Å²) in [5.41, 5.74) is 25.2. The third kappa shape index (κ3) is 29.4. The lowest BCUT2D eigenvalue weighted by atomic mass is 9.80. The van der Waals surface area contributed by atoms with E-state index in [0.717, 1.165) is 28.8 Å². The Balaban J connectivity index is 0.539. The highest BCUT2D eigenvalue weighted by Gasteiger charge is 2.49. The zero-order valence-electron chi connectivity index (χ0n) is 72.9. The highest BCUT2D eigenvalue weighted by atomic mass is 16.6. The molecular formula is C88H131N13O23. The number of ketones is 2. The van der Waals surface area contributed by atoms with Gasteiger partial charge in [0.2, 0.25) is 11.7 Å². The van der Waals surface area contributed by atoms with E-state index >= 15 is 0 Å². The minimum absolute atomic E-state index is 0.0119. The molecule has 2 bridgehead atoms. The topological polar surface area (TPSA) is 478 Å². The molecule has 4 aliphatic heterocycles. The van der Waals surface area contributed by atoms with Crippen LogP contribution in [0.2, 0.25) is 0 Å². The molecule has 686 valence electrons. The number of carbonyl (C=O) groups excluding carboxylic acids is 5. The van der Waals surface area contributed by atoms with Crippen molar-refractivity contribution >= 4 is 63.4 Å². The maximum absolute atomic E-state index is 14.4. The minimum atomic E-state index is -2.34. The molecular weight excluding hydrogens is 1610 g/mol. The van der Waals surface area contributed by atoms with Crippen molar-refractivity contribution in [1.82, 2.24) is 49.8 Å². The zero-order valence-corrected chi connectivity index (χ0v) is 72.9. The number of aromatic nitrogens is 7. The molecule has 3 fully saturated rings. The second-order valence-electron chi connectivity index (χ2n) is 32.8. The van der Waals surface area contributed by atoms with Crippen LogP contribution in [0.5, 0.6) is 0 Å². The van der Waals surface area contributed by atoms with Gasteiger partial charge in [0.25, 0.3) is 17.7 Å². The number of nitrogens with one attached hydrogen (secondary N) is 1. The lowest BCUT2D eigenvalue weighted by Gasteiger charge is -2.41. The molecule has 0 spiro atoms. The predicted octanol–water partition coefficient (Wildman–Crippen LogP) is 6.03. The summed E-state index contributed by atoms with van der Waals surface area (Å²) in [6, 6.07) is 4.28. The number of nitrogens with zero attached hydrogens (tertiary/aromatic N) is 9. The molecule has 36 nitrogen and oxygen atoms in total. The number of ether oxygens (including phenoxy) is 13. The van der Waals surface area contributed by atoms with E-state index in [1.807, 2.05) is 56.4 Å². The Labute approximate surface area is 724 Å². The summed E-state index contributed by atoms with van der Waals surface area (Å²) in [5, 5.41) is 54.5. The molecule has 3 amide bonds. The van der Waals surface area contributed by atoms with Crippen LogP contribution >= 0.6 is 0 Å². The van der Waals surface area contributed by atoms with E-state index in [0.29, 0.717) is 215 Å². The van der Waals surface area contributed by atoms with Crippen LogP contribution in [-0.2, 0) is 100 Å². The smallest absolute Gasteiger partial charge is 0.407 e. The molecule has 36 heteroatoms. The number of carbonyl (C=O) groups is 5. The van der Waals surface area contributed by atoms with Gasteiger partial charge in [-0.1, -0.05) is 57.2 Å². The monoisotopic (exact) mass is 1740 g/mol. The van der Waals surface area contributed by atoms with Crippen LogP contribution in [0.4, 0.5) is 16.6 Å². The number of rotatable bonds is 36. The summed E-state index contributed by atoms with van der Waals surface area (Å²) in [6.45, 7) is 16.3. The number of methoxy groups -OCH3 is 2. The van der Waals surface area contributed by atoms with Gasteiger partial charge in [-0.2, -0.15) is 10.1 Å². The van der Waals surface area contributed by atoms with Crippen molar-refractivity contribution in [3.05, 3.63) is 95.4 Å². The first-order chi connectivity index (χ1) is 59.9. The van der Waals surface area contributed by atoms with Crippen LogP contribution in [0.25, 0.3) is 33.4 Å². The lowest BCUT2D eigenvalue weighted by molar-refractivity contribution is -0.245. The number of anilines is 2. The molecule has 15 atom stereocenters. The highest BCUT2D eigenvalue weighted by molar-refractivity contribution is 6.38. The molecule has 0 unspecified atom stereocenters. The van der Waals surface area contributed by atoms with E-state index in [1.54, 1.807) is 62.9 Å². The zero-order chi connectivity index (χ0) is 88.5. The van der Waals surface area contributed by atoms with Gasteiger partial charge in [-0.3, -0.25) is 19.2 Å². The van der Waals surface area contributed by atoms with Crippen LogP contribution in [0.1, 0.15) is 142 Å². The van der Waals surface area contributed by atoms with Gasteiger partial charge in [0.05, 0.1) is 166 Å². The molecule has 1 aromatic carbocycles. The quantitative estimate of drug-likeness (QED) is 0.0129. The number of nitrogens with two attached hydrogens (primary N) is 3. The van der Waals surface area contributed by atoms with E-state index in [-0.39, 0.29) is 88.3 Å². The molecule has 0 radical (unpaired) electrons. The van der Waals surface area contributed by atoms with Crippen molar-refractivity contribution in [3.8, 4) is 11.3 Å². The number of hydrogen-bond acceptors (Lipinski definition) is 32. The first-order valence-electron chi connectivity index (χ1n) is 43.7. The SMILES string of the molecule is CO[C@H]1C[C@@H]2CCC[C@@](O)(O2)C(=O)C(=O)N2CCCC[C@H]2CO[C@H]([C@H](N)C[C@@H]2CC[C@@H](OC(=O)NCCOCCOCCOCCOCCOCCOCCOCCOCCC(=O)N3CCc4nc(Cn5nc(-c6ccc7oc(N)nc7c6)c6c(N)ncnc65)ncc4C3)[C@H](OC)C2)C[C@@H](O)[C@H](C)/C=C(\C)[C@@H](O)[C@@H](O)C(=O)[C@H](C)C[C@H](C)/C=C/C=CC=C1C. The first-order valence-corrected chi connectivity index (χ1v) is 43.7. The summed E-state index contributed by atoms with van der Waals surface area (Å²) in [4.78, 5) is 94.0. The minimum Gasteiger partial charge on any atom is -0.443 e. The average Bonchev–Trinajstić information content (AvgIpc) is 1.61. The standard InChI is InChI=1S/C88H131N13O23/c1-56-14-9-8-10-15-57(2)72(111-6)49-65-17-13-24-88(110,124-65)82(107)85(108)100-26-12-11-16-64(100)54-121-73(50-69(102)58(3)45-60(5)80(105)81(106)79(104)59(4)44-56)66(89)46-61-18-20-71(74(47-61)112-7)123-87(109)92-25-29-114-31-33-116-35-37-118-39-41-120-43-42-119-40-38-117-36-34-115-32-30-113-28-23-76(103)99-27-22-67-63(52-99)51-93-75(96-67)53-101-84-77(83(90)94-55-95-84)78(98-101)62-19-21-70-68(48-62)97-86(91)122-70/h8-10,14-15,19,21,45,48,51,55-56,58-59,61,64-66,69,71-74,80-81,102,105-106,110H,11-13,16-18,20,22-44,46-47,49-50,52-54,89H2,1-7H3,(H2,91,97)(H,92,109)(H2,90,94,95)/b10-8?,14-9+,57-15?,60-45+/t56-,58-,59-,61+,64+,65+,66-,69-,71-,72+,73+,74-,80-,81+,88-/m1/s1. The molecule has 124 heavy (non-hydrogen) atoms. The van der Waals surface area contributed by atoms with Gasteiger partial charge in [-0.25, -0.2) is 29.4 Å². The Kier molecular flexibility index (Phi) is 39.8. The Hall–Kier alpha value is -8.25. The van der Waals surface area contributed by atoms with Crippen LogP contribution in [0.15, 0.2) is 82.7 Å². The van der Waals surface area contributed by atoms with E-state index in [2.05, 4.69) is 25.3 Å². The fourth-order valence-electron chi connectivity index (χ4n) is 16.4. The highest BCUT2D eigenvalue weighted by Crippen LogP contribution is 2.37. The van der Waals surface area contributed by atoms with Gasteiger partial charge in [-0.05, 0) is 119 Å². The molecule has 2 saturated heterocycles. The second kappa shape index (κ2) is 50.3. The van der Waals surface area contributed by atoms with Gasteiger partial charge < -0.3 is 119 Å². The van der Waals surface area contributed by atoms with E-state index in [9.17, 15) is 44.4 Å². The van der Waals surface area contributed by atoms with E-state index in [1.165, 1.54) is 11.2 Å². The van der Waals surface area contributed by atoms with Gasteiger partial charge in [-0.15, -0.1) is 0 Å². The second-order valence-corrected chi connectivity index (χ2v) is 32.8. The summed E-state index contributed by atoms with van der Waals surface area (Å²) in [6.07, 6.45) is 13.0. The number of allylic oxidation sites excluding steroid dienone is 5. The maximum atomic E-state index is 14.4. The summed E-state index contributed by atoms with van der Waals surface area (Å²) in [5.74, 6) is -5.17. The Morgan fingerprint density at radius 3 is 2.10 bits per heavy atom. The normalized spacial score (nSPS) is 26.7. The summed E-state index contributed by atoms with van der Waals surface area (Å²) >= 11 is 0. The third-order valence-corrected chi connectivity index (χ3v) is 23.4. The number of nitrogen functional groups attached to an aromatic ring is 2. The van der Waals surface area contributed by atoms with Gasteiger partial charge in [0.1, 0.15) is 54.0 Å². The number of hydrogen-bond donors (Lipinski definition) is 8. The van der Waals surface area contributed by atoms with E-state index in [4.69, 9.17) is 93.3 Å². The Morgan fingerprint density at radius 2 is 1.41 bits per heavy atom. The van der Waals surface area contributed by atoms with Crippen LogP contribution in [-0.4, -0.2) is 307 Å². The van der Waals surface area contributed by atoms with Crippen molar-refractivity contribution in [1.29, 1.82) is 0 Å². The van der Waals surface area contributed by atoms with Gasteiger partial charge in [0.15, 0.2) is 17.0 Å². The van der Waals surface area contributed by atoms with Crippen molar-refractivity contribution in [2.24, 2.45) is 29.4 Å². The van der Waals surface area contributed by atoms with E-state index < -0.39 is 102 Å². The van der Waals surface area contributed by atoms with Crippen molar-refractivity contribution in [2.45, 2.75) is 211 Å². The molecule has 5 aromatic rings. The number of aliphatic hydroxyl groups is 4. The molecule has 10 rings (SSSR count). The summed E-state index contributed by atoms with van der Waals surface area (Å²) < 4.78 is 82.6. The number of amides is 3.